The largest absolute Gasteiger partial charge is 0.493 e. The number of nitrogens with one attached hydrogen (secondary N) is 1. The van der Waals surface area contributed by atoms with Gasteiger partial charge < -0.3 is 19.7 Å². The van der Waals surface area contributed by atoms with Crippen LogP contribution < -0.4 is 14.8 Å². The first-order chi connectivity index (χ1) is 13.6. The molecule has 0 unspecified atom stereocenters. The minimum Gasteiger partial charge on any atom is -0.493 e. The van der Waals surface area contributed by atoms with E-state index in [1.807, 2.05) is 49.4 Å². The maximum absolute atomic E-state index is 12.9. The Morgan fingerprint density at radius 2 is 1.68 bits per heavy atom. The van der Waals surface area contributed by atoms with Gasteiger partial charge in [0.1, 0.15) is 6.04 Å². The fourth-order valence-corrected chi connectivity index (χ4v) is 2.72. The molecule has 0 spiro atoms. The third-order valence-corrected chi connectivity index (χ3v) is 4.33. The second-order valence-electron chi connectivity index (χ2n) is 6.41. The highest BCUT2D eigenvalue weighted by Crippen LogP contribution is 2.25. The summed E-state index contributed by atoms with van der Waals surface area (Å²) in [5.41, 5.74) is 0.947. The van der Waals surface area contributed by atoms with Crippen molar-refractivity contribution in [3.05, 3.63) is 60.2 Å². The molecule has 0 heterocycles. The van der Waals surface area contributed by atoms with Crippen molar-refractivity contribution in [2.45, 2.75) is 32.9 Å². The van der Waals surface area contributed by atoms with Gasteiger partial charge in [-0.15, -0.1) is 0 Å². The van der Waals surface area contributed by atoms with Gasteiger partial charge in [0.25, 0.3) is 5.91 Å². The monoisotopic (exact) mass is 384 g/mol. The van der Waals surface area contributed by atoms with Gasteiger partial charge in [0.05, 0.1) is 7.11 Å². The molecule has 2 aromatic rings. The first kappa shape index (κ1) is 21.3. The van der Waals surface area contributed by atoms with Crippen molar-refractivity contribution in [2.75, 3.05) is 20.3 Å². The number of carbonyl (C=O) groups excluding carboxylic acids is 2. The van der Waals surface area contributed by atoms with Gasteiger partial charge >= 0.3 is 0 Å². The van der Waals surface area contributed by atoms with E-state index in [-0.39, 0.29) is 18.4 Å². The van der Waals surface area contributed by atoms with Crippen LogP contribution in [0.15, 0.2) is 54.6 Å². The van der Waals surface area contributed by atoms with Gasteiger partial charge in [0.15, 0.2) is 18.1 Å². The number of hydrogen-bond donors (Lipinski definition) is 1. The lowest BCUT2D eigenvalue weighted by molar-refractivity contribution is -0.142. The van der Waals surface area contributed by atoms with Crippen LogP contribution in [-0.4, -0.2) is 43.0 Å². The summed E-state index contributed by atoms with van der Waals surface area (Å²) < 4.78 is 10.9. The molecule has 1 atom stereocenters. The number of para-hydroxylation sites is 2. The molecule has 2 rings (SSSR count). The Hall–Kier alpha value is -3.02. The van der Waals surface area contributed by atoms with Crippen molar-refractivity contribution in [3.63, 3.8) is 0 Å². The molecule has 0 fully saturated rings. The summed E-state index contributed by atoms with van der Waals surface area (Å²) in [6.07, 6.45) is 0.835. The molecular weight excluding hydrogens is 356 g/mol. The Kier molecular flexibility index (Phi) is 8.34. The highest BCUT2D eigenvalue weighted by molar-refractivity contribution is 5.88. The molecule has 0 aromatic heterocycles. The van der Waals surface area contributed by atoms with Crippen LogP contribution in [0.5, 0.6) is 11.5 Å². The first-order valence-corrected chi connectivity index (χ1v) is 9.43. The van der Waals surface area contributed by atoms with Crippen molar-refractivity contribution < 1.29 is 19.1 Å². The summed E-state index contributed by atoms with van der Waals surface area (Å²) in [5.74, 6) is 0.595. The quantitative estimate of drug-likeness (QED) is 0.684. The molecule has 0 saturated carbocycles. The maximum atomic E-state index is 12.9. The lowest BCUT2D eigenvalue weighted by Gasteiger charge is -2.28. The van der Waals surface area contributed by atoms with Crippen LogP contribution in [0.25, 0.3) is 0 Å². The Balaban J connectivity index is 2.12. The van der Waals surface area contributed by atoms with Crippen LogP contribution in [0.3, 0.4) is 0 Å². The van der Waals surface area contributed by atoms with Crippen molar-refractivity contribution in [2.24, 2.45) is 0 Å². The molecule has 0 aliphatic heterocycles. The molecule has 0 bridgehead atoms. The Morgan fingerprint density at radius 3 is 2.32 bits per heavy atom. The van der Waals surface area contributed by atoms with Gasteiger partial charge in [-0.25, -0.2) is 0 Å². The smallest absolute Gasteiger partial charge is 0.261 e. The van der Waals surface area contributed by atoms with Gasteiger partial charge in [-0.3, -0.25) is 9.59 Å². The lowest BCUT2D eigenvalue weighted by Crippen LogP contribution is -2.49. The summed E-state index contributed by atoms with van der Waals surface area (Å²) in [6, 6.07) is 16.1. The van der Waals surface area contributed by atoms with E-state index < -0.39 is 6.04 Å². The van der Waals surface area contributed by atoms with Gasteiger partial charge in [-0.2, -0.15) is 0 Å². The van der Waals surface area contributed by atoms with Crippen LogP contribution >= 0.6 is 0 Å². The summed E-state index contributed by atoms with van der Waals surface area (Å²) in [4.78, 5) is 26.9. The Labute approximate surface area is 166 Å². The fourth-order valence-electron chi connectivity index (χ4n) is 2.72. The minimum absolute atomic E-state index is 0.177. The van der Waals surface area contributed by atoms with Crippen LogP contribution in [0, 0.1) is 0 Å². The molecule has 0 aliphatic rings. The predicted molar refractivity (Wildman–Crippen MR) is 108 cm³/mol. The van der Waals surface area contributed by atoms with Crippen LogP contribution in [0.1, 0.15) is 25.8 Å². The van der Waals surface area contributed by atoms with E-state index in [1.165, 1.54) is 4.90 Å². The van der Waals surface area contributed by atoms with E-state index in [4.69, 9.17) is 9.47 Å². The summed E-state index contributed by atoms with van der Waals surface area (Å²) in [7, 11) is 1.55. The van der Waals surface area contributed by atoms with E-state index in [9.17, 15) is 9.59 Å². The van der Waals surface area contributed by atoms with Crippen LogP contribution in [0.4, 0.5) is 0 Å². The number of carbonyl (C=O) groups is 2. The third kappa shape index (κ3) is 6.01. The van der Waals surface area contributed by atoms with E-state index >= 15 is 0 Å². The Bertz CT molecular complexity index is 764. The zero-order valence-electron chi connectivity index (χ0n) is 16.7. The average molecular weight is 384 g/mol. The first-order valence-electron chi connectivity index (χ1n) is 9.43. The standard InChI is InChI=1S/C22H28N2O4/c1-4-14-23-22(26)17(2)24(15-18-10-6-5-7-11-18)21(25)16-28-20-13-9-8-12-19(20)27-3/h5-13,17H,4,14-16H2,1-3H3,(H,23,26)/t17-/m1/s1. The van der Waals surface area contributed by atoms with Crippen molar-refractivity contribution >= 4 is 11.8 Å². The molecule has 2 amide bonds. The van der Waals surface area contributed by atoms with Crippen molar-refractivity contribution in [1.82, 2.24) is 10.2 Å². The molecule has 28 heavy (non-hydrogen) atoms. The molecule has 0 radical (unpaired) electrons. The highest BCUT2D eigenvalue weighted by Gasteiger charge is 2.26. The molecule has 1 N–H and O–H groups in total. The molecule has 0 saturated heterocycles. The zero-order valence-corrected chi connectivity index (χ0v) is 16.7. The number of nitrogens with zero attached hydrogens (tertiary/aromatic N) is 1. The van der Waals surface area contributed by atoms with Gasteiger partial charge in [0, 0.05) is 13.1 Å². The maximum Gasteiger partial charge on any atom is 0.261 e. The number of rotatable bonds is 10. The number of hydrogen-bond acceptors (Lipinski definition) is 4. The van der Waals surface area contributed by atoms with Crippen molar-refractivity contribution in [1.29, 1.82) is 0 Å². The number of benzene rings is 2. The molecular formula is C22H28N2O4. The average Bonchev–Trinajstić information content (AvgIpc) is 2.74. The SMILES string of the molecule is CCCNC(=O)[C@@H](C)N(Cc1ccccc1)C(=O)COc1ccccc1OC. The fraction of sp³-hybridized carbons (Fsp3) is 0.364. The van der Waals surface area contributed by atoms with Gasteiger partial charge in [-0.1, -0.05) is 49.4 Å². The second kappa shape index (κ2) is 11.0. The normalized spacial score (nSPS) is 11.4. The second-order valence-corrected chi connectivity index (χ2v) is 6.41. The summed E-state index contributed by atoms with van der Waals surface area (Å²) >= 11 is 0. The van der Waals surface area contributed by atoms with Gasteiger partial charge in [-0.05, 0) is 31.0 Å². The number of methoxy groups -OCH3 is 1. The summed E-state index contributed by atoms with van der Waals surface area (Å²) in [5, 5.41) is 2.85. The highest BCUT2D eigenvalue weighted by atomic mass is 16.5. The zero-order chi connectivity index (χ0) is 20.4. The van der Waals surface area contributed by atoms with Gasteiger partial charge in [0.2, 0.25) is 5.91 Å². The van der Waals surface area contributed by atoms with E-state index in [0.717, 1.165) is 12.0 Å². The van der Waals surface area contributed by atoms with E-state index in [0.29, 0.717) is 24.6 Å². The topological polar surface area (TPSA) is 67.9 Å². The third-order valence-electron chi connectivity index (χ3n) is 4.33. The minimum atomic E-state index is -0.611. The van der Waals surface area contributed by atoms with Crippen LogP contribution in [-0.2, 0) is 16.1 Å². The number of amides is 2. The van der Waals surface area contributed by atoms with E-state index in [1.54, 1.807) is 26.2 Å². The van der Waals surface area contributed by atoms with Crippen molar-refractivity contribution in [3.8, 4) is 11.5 Å². The summed E-state index contributed by atoms with van der Waals surface area (Å²) in [6.45, 7) is 4.44. The molecule has 0 aliphatic carbocycles. The molecule has 6 heteroatoms. The van der Waals surface area contributed by atoms with E-state index in [2.05, 4.69) is 5.32 Å². The molecule has 150 valence electrons. The lowest BCUT2D eigenvalue weighted by atomic mass is 10.1. The molecule has 2 aromatic carbocycles. The molecule has 6 nitrogen and oxygen atoms in total. The Morgan fingerprint density at radius 1 is 1.04 bits per heavy atom. The van der Waals surface area contributed by atoms with Crippen LogP contribution in [0.2, 0.25) is 0 Å². The number of ether oxygens (including phenoxy) is 2. The predicted octanol–water partition coefficient (Wildman–Crippen LogP) is 3.02.